The van der Waals surface area contributed by atoms with Gasteiger partial charge in [0.25, 0.3) is 0 Å². The molecule has 0 aliphatic heterocycles. The van der Waals surface area contributed by atoms with E-state index in [9.17, 15) is 0 Å². The van der Waals surface area contributed by atoms with Crippen LogP contribution in [0.1, 0.15) is 12.3 Å². The largest absolute Gasteiger partial charge is 1.00 e. The molecule has 0 aromatic rings. The highest BCUT2D eigenvalue weighted by atomic mass is 127. The second-order valence-electron chi connectivity index (χ2n) is 0.306. The van der Waals surface area contributed by atoms with Crippen molar-refractivity contribution in [3.63, 3.8) is 0 Å². The van der Waals surface area contributed by atoms with Crippen LogP contribution in [-0.4, -0.2) is 18.6 Å². The smallest absolute Gasteiger partial charge is 0.0969 e. The summed E-state index contributed by atoms with van der Waals surface area (Å²) in [5.41, 5.74) is 0. The zero-order valence-electron chi connectivity index (χ0n) is 11.3. The molecule has 0 aliphatic rings. The lowest BCUT2D eigenvalue weighted by Gasteiger charge is -1.69. The van der Waals surface area contributed by atoms with Crippen LogP contribution in [0.2, 0.25) is 0 Å². The first-order chi connectivity index (χ1) is 5.37. The number of hydrogen-bond donors (Lipinski definition) is 0. The minimum Gasteiger partial charge on any atom is -1.00 e. The quantitative estimate of drug-likeness (QED) is 0.308. The Labute approximate surface area is 66.3 Å². The van der Waals surface area contributed by atoms with Crippen molar-refractivity contribution in [1.29, 1.82) is 0 Å². The summed E-state index contributed by atoms with van der Waals surface area (Å²) < 4.78 is 61.4. The lowest BCUT2D eigenvalue weighted by Crippen LogP contribution is -3.00. The van der Waals surface area contributed by atoms with Gasteiger partial charge in [0.1, 0.15) is 0 Å². The van der Waals surface area contributed by atoms with Crippen LogP contribution in [0, 0.1) is 0 Å². The highest BCUT2D eigenvalue weighted by Gasteiger charge is 1.77. The van der Waals surface area contributed by atoms with E-state index in [0.717, 1.165) is 0 Å². The van der Waals surface area contributed by atoms with Crippen molar-refractivity contribution < 1.29 is 36.3 Å². The van der Waals surface area contributed by atoms with E-state index in [0.29, 0.717) is 0 Å². The maximum Gasteiger partial charge on any atom is 0.0969 e. The summed E-state index contributed by atoms with van der Waals surface area (Å²) in [7, 11) is -2.58. The van der Waals surface area contributed by atoms with Crippen LogP contribution in [-0.2, 0) is 10.9 Å². The maximum atomic E-state index is 6.83. The van der Waals surface area contributed by atoms with E-state index in [-0.39, 0.29) is 24.0 Å². The molecule has 0 saturated carbocycles. The molecule has 0 heterocycles. The van der Waals surface area contributed by atoms with Crippen molar-refractivity contribution in [3.8, 4) is 0 Å². The second kappa shape index (κ2) is 5.08. The zero-order valence-corrected chi connectivity index (χ0v) is 5.26. The van der Waals surface area contributed by atoms with Gasteiger partial charge in [-0.2, -0.15) is 0 Å². The third-order valence-corrected chi connectivity index (χ3v) is 0. The second-order valence-corrected chi connectivity index (χ2v) is 0.919. The Morgan fingerprint density at radius 1 is 1.40 bits per heavy atom. The highest BCUT2D eigenvalue weighted by molar-refractivity contribution is 7.94. The minimum atomic E-state index is -2.96. The van der Waals surface area contributed by atoms with Crippen LogP contribution in [0.15, 0.2) is 0 Å². The molecule has 0 amide bonds. The van der Waals surface area contributed by atoms with Crippen molar-refractivity contribution in [2.75, 3.05) is 18.6 Å². The first-order valence-corrected chi connectivity index (χ1v) is 1.84. The van der Waals surface area contributed by atoms with Crippen molar-refractivity contribution in [3.05, 3.63) is 0 Å². The molecule has 0 nitrogen and oxygen atoms in total. The van der Waals surface area contributed by atoms with Gasteiger partial charge < -0.3 is 24.0 Å². The molecular weight excluding hydrogens is 195 g/mol. The summed E-state index contributed by atoms with van der Waals surface area (Å²) in [5, 5.41) is 0. The van der Waals surface area contributed by atoms with Gasteiger partial charge in [-0.3, -0.25) is 0 Å². The van der Waals surface area contributed by atoms with Gasteiger partial charge in [0.2, 0.25) is 0 Å². The Bertz CT molecular complexity index is 143. The van der Waals surface area contributed by atoms with Crippen LogP contribution in [0.4, 0.5) is 0 Å². The third kappa shape index (κ3) is 41.3. The molecule has 0 N–H and O–H groups in total. The zero-order chi connectivity index (χ0) is 11.1. The minimum absolute atomic E-state index is 0. The van der Waals surface area contributed by atoms with Crippen LogP contribution in [0.3, 0.4) is 0 Å². The lowest BCUT2D eigenvalue weighted by molar-refractivity contribution is -0.00000109. The molecule has 0 bridgehead atoms. The Kier molecular flexibility index (Phi) is 0.932. The normalized spacial score (nSPS) is 41.4. The monoisotopic (exact) mass is 213 g/mol. The van der Waals surface area contributed by atoms with Crippen molar-refractivity contribution in [2.24, 2.45) is 0 Å². The molecule has 5 heavy (non-hydrogen) atoms. The Balaban J connectivity index is 0. The number of halogens is 1. The van der Waals surface area contributed by atoms with Crippen molar-refractivity contribution >= 4 is 10.9 Å². The highest BCUT2D eigenvalue weighted by Crippen LogP contribution is 1.63. The SMILES string of the molecule is [2H]C([2H])([2H])[S+](C([2H])([2H])[2H])C([2H])([2H])[2H].[I-]. The molecule has 0 saturated heterocycles. The molecule has 2 heteroatoms. The molecule has 0 aliphatic carbocycles. The van der Waals surface area contributed by atoms with E-state index >= 15 is 0 Å². The fourth-order valence-electron chi connectivity index (χ4n) is 0. The van der Waals surface area contributed by atoms with Gasteiger partial charge in [-0.15, -0.1) is 0 Å². The van der Waals surface area contributed by atoms with E-state index in [1.807, 2.05) is 0 Å². The standard InChI is InChI=1S/C3H9S.HI/c1-4(2)3;/h1-3H3;1H/q+1;/p-1/i1D3,2D3,3D3;. The summed E-state index contributed by atoms with van der Waals surface area (Å²) in [5.74, 6) is 0. The molecule has 0 aromatic heterocycles. The first-order valence-electron chi connectivity index (χ1n) is 5.11. The lowest BCUT2D eigenvalue weighted by atomic mass is 11.9. The van der Waals surface area contributed by atoms with E-state index in [2.05, 4.69) is 0 Å². The number of hydrogen-bond acceptors (Lipinski definition) is 0. The van der Waals surface area contributed by atoms with Gasteiger partial charge in [0, 0.05) is 0 Å². The predicted molar refractivity (Wildman–Crippen MR) is 25.1 cm³/mol. The van der Waals surface area contributed by atoms with E-state index < -0.39 is 29.4 Å². The molecular formula is C3H9IS. The van der Waals surface area contributed by atoms with Gasteiger partial charge >= 0.3 is 0 Å². The summed E-state index contributed by atoms with van der Waals surface area (Å²) in [6, 6.07) is 0. The average Bonchev–Trinajstić information content (AvgIpc) is 1.44. The third-order valence-electron chi connectivity index (χ3n) is 0. The Hall–Kier alpha value is 1.08. The van der Waals surface area contributed by atoms with Crippen molar-refractivity contribution in [1.82, 2.24) is 0 Å². The van der Waals surface area contributed by atoms with Gasteiger partial charge in [-0.1, -0.05) is 0 Å². The van der Waals surface area contributed by atoms with E-state index in [1.54, 1.807) is 0 Å². The fourth-order valence-corrected chi connectivity index (χ4v) is 0. The molecule has 0 radical (unpaired) electrons. The van der Waals surface area contributed by atoms with Crippen molar-refractivity contribution in [2.45, 2.75) is 0 Å². The van der Waals surface area contributed by atoms with Crippen LogP contribution < -0.4 is 24.0 Å². The maximum absolute atomic E-state index is 6.83. The summed E-state index contributed by atoms with van der Waals surface area (Å²) in [4.78, 5) is 0. The van der Waals surface area contributed by atoms with Gasteiger partial charge in [-0.25, -0.2) is 0 Å². The summed E-state index contributed by atoms with van der Waals surface area (Å²) >= 11 is 0. The molecule has 0 aromatic carbocycles. The van der Waals surface area contributed by atoms with Gasteiger partial charge in [0.15, 0.2) is 0 Å². The van der Waals surface area contributed by atoms with Crippen LogP contribution >= 0.6 is 0 Å². The van der Waals surface area contributed by atoms with Crippen LogP contribution in [0.5, 0.6) is 0 Å². The van der Waals surface area contributed by atoms with Gasteiger partial charge in [-0.05, 0) is 10.9 Å². The van der Waals surface area contributed by atoms with E-state index in [1.165, 1.54) is 0 Å². The first kappa shape index (κ1) is 0.917. The predicted octanol–water partition coefficient (Wildman–Crippen LogP) is -2.50. The molecule has 0 fully saturated rings. The summed E-state index contributed by atoms with van der Waals surface area (Å²) in [6.07, 6.45) is -8.89. The molecule has 0 atom stereocenters. The topological polar surface area (TPSA) is 0 Å². The average molecular weight is 213 g/mol. The van der Waals surface area contributed by atoms with Crippen LogP contribution in [0.25, 0.3) is 0 Å². The summed E-state index contributed by atoms with van der Waals surface area (Å²) in [6.45, 7) is 0. The number of rotatable bonds is 0. The Morgan fingerprint density at radius 2 is 1.80 bits per heavy atom. The molecule has 0 spiro atoms. The molecule has 0 unspecified atom stereocenters. The fraction of sp³-hybridized carbons (Fsp3) is 1.00. The molecule has 34 valence electrons. The van der Waals surface area contributed by atoms with E-state index in [4.69, 9.17) is 12.3 Å². The van der Waals surface area contributed by atoms with Gasteiger partial charge in [0.05, 0.1) is 30.9 Å². The Morgan fingerprint density at radius 3 is 1.80 bits per heavy atom. The molecule has 0 rings (SSSR count).